The van der Waals surface area contributed by atoms with Gasteiger partial charge in [0.15, 0.2) is 5.12 Å². The van der Waals surface area contributed by atoms with Gasteiger partial charge in [0.05, 0.1) is 0 Å². The molecule has 0 saturated carbocycles. The van der Waals surface area contributed by atoms with Crippen LogP contribution in [0.15, 0.2) is 54.6 Å². The molecule has 0 spiro atoms. The Morgan fingerprint density at radius 3 is 2.16 bits per heavy atom. The molecule has 19 heavy (non-hydrogen) atoms. The molecule has 94 valence electrons. The van der Waals surface area contributed by atoms with Crippen LogP contribution in [0.2, 0.25) is 0 Å². The van der Waals surface area contributed by atoms with Crippen molar-refractivity contribution < 1.29 is 4.79 Å². The van der Waals surface area contributed by atoms with E-state index in [1.165, 1.54) is 27.1 Å². The number of thiol groups is 1. The quantitative estimate of drug-likeness (QED) is 0.550. The molecule has 0 unspecified atom stereocenters. The molecule has 0 heterocycles. The van der Waals surface area contributed by atoms with Gasteiger partial charge in [-0.25, -0.2) is 0 Å². The zero-order valence-corrected chi connectivity index (χ0v) is 11.4. The summed E-state index contributed by atoms with van der Waals surface area (Å²) in [6, 6.07) is 19.2. The number of rotatable bonds is 3. The van der Waals surface area contributed by atoms with Crippen molar-refractivity contribution in [2.45, 2.75) is 12.8 Å². The number of carbonyl (C=O) groups is 1. The third-order valence-electron chi connectivity index (χ3n) is 3.40. The van der Waals surface area contributed by atoms with E-state index >= 15 is 0 Å². The van der Waals surface area contributed by atoms with Crippen LogP contribution in [0.4, 0.5) is 0 Å². The second-order valence-electron chi connectivity index (χ2n) is 4.77. The van der Waals surface area contributed by atoms with Crippen molar-refractivity contribution in [3.63, 3.8) is 0 Å². The Bertz CT molecular complexity index is 761. The monoisotopic (exact) mass is 266 g/mol. The summed E-state index contributed by atoms with van der Waals surface area (Å²) >= 11 is 3.81. The van der Waals surface area contributed by atoms with Crippen LogP contribution in [-0.2, 0) is 11.2 Å². The van der Waals surface area contributed by atoms with Gasteiger partial charge < -0.3 is 0 Å². The molecule has 0 saturated heterocycles. The minimum absolute atomic E-state index is 0.0568. The van der Waals surface area contributed by atoms with Crippen LogP contribution < -0.4 is 0 Å². The normalized spacial score (nSPS) is 11.0. The Balaban J connectivity index is 2.06. The maximum absolute atomic E-state index is 10.9. The number of fused-ring (bicyclic) bond motifs is 2. The predicted molar refractivity (Wildman–Crippen MR) is 83.8 cm³/mol. The standard InChI is InChI=1S/C17H14OS/c18-17(19)8-6-12-5-7-15-10-13-3-1-2-4-14(13)11-16(15)9-12/h1-5,7,9-11H,6,8H2,(H,18,19). The molecule has 2 heteroatoms. The first-order valence-electron chi connectivity index (χ1n) is 6.35. The van der Waals surface area contributed by atoms with E-state index in [9.17, 15) is 4.79 Å². The van der Waals surface area contributed by atoms with Crippen molar-refractivity contribution >= 4 is 39.3 Å². The van der Waals surface area contributed by atoms with Crippen LogP contribution in [0.1, 0.15) is 12.0 Å². The lowest BCUT2D eigenvalue weighted by atomic mass is 10.0. The van der Waals surface area contributed by atoms with Crippen molar-refractivity contribution in [3.8, 4) is 0 Å². The van der Waals surface area contributed by atoms with Crippen LogP contribution in [-0.4, -0.2) is 5.12 Å². The predicted octanol–water partition coefficient (Wildman–Crippen LogP) is 4.38. The second kappa shape index (κ2) is 5.06. The van der Waals surface area contributed by atoms with Gasteiger partial charge in [-0.1, -0.05) is 42.5 Å². The maximum atomic E-state index is 10.9. The zero-order chi connectivity index (χ0) is 13.2. The van der Waals surface area contributed by atoms with E-state index < -0.39 is 0 Å². The van der Waals surface area contributed by atoms with Crippen LogP contribution in [0.3, 0.4) is 0 Å². The molecule has 0 amide bonds. The van der Waals surface area contributed by atoms with E-state index in [0.717, 1.165) is 6.42 Å². The molecule has 0 aliphatic carbocycles. The van der Waals surface area contributed by atoms with Crippen molar-refractivity contribution in [1.29, 1.82) is 0 Å². The van der Waals surface area contributed by atoms with E-state index in [-0.39, 0.29) is 5.12 Å². The minimum atomic E-state index is -0.0568. The summed E-state index contributed by atoms with van der Waals surface area (Å²) in [6.07, 6.45) is 1.24. The largest absolute Gasteiger partial charge is 0.287 e. The molecule has 0 aromatic heterocycles. The number of benzene rings is 3. The summed E-state index contributed by atoms with van der Waals surface area (Å²) in [6.45, 7) is 0. The van der Waals surface area contributed by atoms with Crippen molar-refractivity contribution in [2.24, 2.45) is 0 Å². The molecule has 0 fully saturated rings. The van der Waals surface area contributed by atoms with Crippen LogP contribution >= 0.6 is 12.6 Å². The first kappa shape index (κ1) is 12.2. The highest BCUT2D eigenvalue weighted by atomic mass is 32.1. The molecule has 1 nitrogen and oxygen atoms in total. The highest BCUT2D eigenvalue weighted by Crippen LogP contribution is 2.24. The first-order chi connectivity index (χ1) is 9.22. The Kier molecular flexibility index (Phi) is 3.26. The van der Waals surface area contributed by atoms with Crippen molar-refractivity contribution in [1.82, 2.24) is 0 Å². The molecule has 0 aliphatic heterocycles. The van der Waals surface area contributed by atoms with Crippen LogP contribution in [0, 0.1) is 0 Å². The van der Waals surface area contributed by atoms with E-state index in [1.54, 1.807) is 0 Å². The molecule has 0 aliphatic rings. The van der Waals surface area contributed by atoms with Gasteiger partial charge in [-0.2, -0.15) is 0 Å². The zero-order valence-electron chi connectivity index (χ0n) is 10.5. The average Bonchev–Trinajstić information content (AvgIpc) is 2.42. The highest BCUT2D eigenvalue weighted by molar-refractivity contribution is 7.96. The fraction of sp³-hybridized carbons (Fsp3) is 0.118. The molecule has 3 aromatic carbocycles. The number of carbonyl (C=O) groups excluding carboxylic acids is 1. The van der Waals surface area contributed by atoms with E-state index in [1.807, 2.05) is 0 Å². The molecular weight excluding hydrogens is 252 g/mol. The Labute approximate surface area is 117 Å². The average molecular weight is 266 g/mol. The summed E-state index contributed by atoms with van der Waals surface area (Å²) in [5.41, 5.74) is 1.19. The van der Waals surface area contributed by atoms with Crippen LogP contribution in [0.25, 0.3) is 21.5 Å². The smallest absolute Gasteiger partial charge is 0.186 e. The second-order valence-corrected chi connectivity index (χ2v) is 5.27. The summed E-state index contributed by atoms with van der Waals surface area (Å²) in [4.78, 5) is 10.9. The Morgan fingerprint density at radius 2 is 1.47 bits per heavy atom. The highest BCUT2D eigenvalue weighted by Gasteiger charge is 2.01. The van der Waals surface area contributed by atoms with Gasteiger partial charge in [0.1, 0.15) is 0 Å². The lowest BCUT2D eigenvalue weighted by Crippen LogP contribution is -1.91. The third-order valence-corrected chi connectivity index (χ3v) is 3.62. The summed E-state index contributed by atoms with van der Waals surface area (Å²) < 4.78 is 0. The molecular formula is C17H14OS. The van der Waals surface area contributed by atoms with Gasteiger partial charge in [0.25, 0.3) is 0 Å². The topological polar surface area (TPSA) is 17.1 Å². The van der Waals surface area contributed by atoms with Crippen molar-refractivity contribution in [2.75, 3.05) is 0 Å². The molecule has 3 aromatic rings. The number of hydrogen-bond acceptors (Lipinski definition) is 1. The molecule has 0 N–H and O–H groups in total. The maximum Gasteiger partial charge on any atom is 0.186 e. The first-order valence-corrected chi connectivity index (χ1v) is 6.80. The van der Waals surface area contributed by atoms with E-state index in [0.29, 0.717) is 6.42 Å². The third kappa shape index (κ3) is 2.64. The summed E-state index contributed by atoms with van der Waals surface area (Å²) in [5, 5.41) is 4.91. The fourth-order valence-corrected chi connectivity index (χ4v) is 2.51. The molecule has 0 radical (unpaired) electrons. The van der Waals surface area contributed by atoms with Crippen LogP contribution in [0.5, 0.6) is 0 Å². The SMILES string of the molecule is O=C(S)CCc1ccc2cc3ccccc3cc2c1. The fourth-order valence-electron chi connectivity index (χ4n) is 2.40. The molecule has 0 atom stereocenters. The Morgan fingerprint density at radius 1 is 0.842 bits per heavy atom. The number of aryl methyl sites for hydroxylation is 1. The summed E-state index contributed by atoms with van der Waals surface area (Å²) in [5.74, 6) is 0. The Hall–Kier alpha value is -1.80. The lowest BCUT2D eigenvalue weighted by Gasteiger charge is -2.05. The van der Waals surface area contributed by atoms with Gasteiger partial charge in [-0.3, -0.25) is 4.79 Å². The molecule has 3 rings (SSSR count). The van der Waals surface area contributed by atoms with E-state index in [2.05, 4.69) is 67.2 Å². The van der Waals surface area contributed by atoms with Gasteiger partial charge in [-0.05, 0) is 45.7 Å². The number of hydrogen-bond donors (Lipinski definition) is 1. The minimum Gasteiger partial charge on any atom is -0.287 e. The van der Waals surface area contributed by atoms with Crippen molar-refractivity contribution in [3.05, 3.63) is 60.2 Å². The van der Waals surface area contributed by atoms with E-state index in [4.69, 9.17) is 0 Å². The lowest BCUT2D eigenvalue weighted by molar-refractivity contribution is -0.110. The van der Waals surface area contributed by atoms with Gasteiger partial charge in [-0.15, -0.1) is 12.6 Å². The summed E-state index contributed by atoms with van der Waals surface area (Å²) in [7, 11) is 0. The molecule has 0 bridgehead atoms. The van der Waals surface area contributed by atoms with Gasteiger partial charge in [0, 0.05) is 6.42 Å². The van der Waals surface area contributed by atoms with Gasteiger partial charge in [0.2, 0.25) is 0 Å². The van der Waals surface area contributed by atoms with Gasteiger partial charge >= 0.3 is 0 Å².